The lowest BCUT2D eigenvalue weighted by Gasteiger charge is -2.17. The summed E-state index contributed by atoms with van der Waals surface area (Å²) in [5.74, 6) is -0.729. The van der Waals surface area contributed by atoms with Crippen LogP contribution in [0.3, 0.4) is 0 Å². The molecule has 0 aliphatic carbocycles. The van der Waals surface area contributed by atoms with Crippen molar-refractivity contribution >= 4 is 45.7 Å². The van der Waals surface area contributed by atoms with Crippen LogP contribution >= 0.6 is 11.3 Å². The van der Waals surface area contributed by atoms with Gasteiger partial charge in [0, 0.05) is 18.4 Å². The van der Waals surface area contributed by atoms with E-state index in [4.69, 9.17) is 4.74 Å². The van der Waals surface area contributed by atoms with E-state index < -0.39 is 17.6 Å². The molecule has 1 aromatic heterocycles. The molecule has 0 saturated heterocycles. The van der Waals surface area contributed by atoms with Crippen molar-refractivity contribution in [3.8, 4) is 5.75 Å². The minimum atomic E-state index is -4.56. The highest BCUT2D eigenvalue weighted by Crippen LogP contribution is 2.35. The van der Waals surface area contributed by atoms with Crippen LogP contribution in [0.4, 0.5) is 29.7 Å². The number of hydrogen-bond acceptors (Lipinski definition) is 5. The molecule has 178 valence electrons. The molecular weight excluding hydrogens is 467 g/mol. The Balaban J connectivity index is 1.77. The Hall–Kier alpha value is -3.66. The van der Waals surface area contributed by atoms with Crippen LogP contribution in [0.25, 0.3) is 6.08 Å². The van der Waals surface area contributed by atoms with Crippen LogP contribution < -0.4 is 15.0 Å². The first-order valence-electron chi connectivity index (χ1n) is 10.3. The van der Waals surface area contributed by atoms with Gasteiger partial charge in [-0.25, -0.2) is 4.98 Å². The second-order valence-corrected chi connectivity index (χ2v) is 7.96. The van der Waals surface area contributed by atoms with Crippen molar-refractivity contribution in [3.63, 3.8) is 0 Å². The fourth-order valence-electron chi connectivity index (χ4n) is 2.94. The number of benzene rings is 2. The summed E-state index contributed by atoms with van der Waals surface area (Å²) in [7, 11) is 0. The lowest BCUT2D eigenvalue weighted by Crippen LogP contribution is -2.22. The molecule has 0 saturated carbocycles. The number of alkyl halides is 3. The third kappa shape index (κ3) is 6.44. The lowest BCUT2D eigenvalue weighted by molar-refractivity contribution is -0.137. The van der Waals surface area contributed by atoms with Crippen LogP contribution in [0.5, 0.6) is 5.75 Å². The number of nitrogens with zero attached hydrogens (tertiary/aromatic N) is 2. The molecule has 34 heavy (non-hydrogen) atoms. The summed E-state index contributed by atoms with van der Waals surface area (Å²) in [5, 5.41) is 4.52. The maximum atomic E-state index is 13.1. The Labute approximate surface area is 198 Å². The van der Waals surface area contributed by atoms with E-state index in [1.54, 1.807) is 29.6 Å². The predicted molar refractivity (Wildman–Crippen MR) is 126 cm³/mol. The molecule has 1 N–H and O–H groups in total. The molecule has 0 spiro atoms. The number of nitrogens with one attached hydrogen (secondary N) is 1. The third-order valence-corrected chi connectivity index (χ3v) is 5.31. The monoisotopic (exact) mass is 489 g/mol. The predicted octanol–water partition coefficient (Wildman–Crippen LogP) is 6.29. The Morgan fingerprint density at radius 1 is 1.18 bits per heavy atom. The molecule has 1 heterocycles. The van der Waals surface area contributed by atoms with E-state index in [0.717, 1.165) is 18.2 Å². The molecule has 0 radical (unpaired) electrons. The summed E-state index contributed by atoms with van der Waals surface area (Å²) in [6.45, 7) is 3.57. The summed E-state index contributed by atoms with van der Waals surface area (Å²) in [4.78, 5) is 30.4. The minimum absolute atomic E-state index is 0.0799. The van der Waals surface area contributed by atoms with Crippen LogP contribution in [0.15, 0.2) is 60.0 Å². The normalized spacial score (nSPS) is 11.4. The average molecular weight is 490 g/mol. The van der Waals surface area contributed by atoms with Crippen molar-refractivity contribution in [1.29, 1.82) is 0 Å². The summed E-state index contributed by atoms with van der Waals surface area (Å²) >= 11 is 1.22. The van der Waals surface area contributed by atoms with E-state index in [1.807, 2.05) is 13.0 Å². The van der Waals surface area contributed by atoms with E-state index >= 15 is 0 Å². The number of hydrogen-bond donors (Lipinski definition) is 1. The molecule has 10 heteroatoms. The van der Waals surface area contributed by atoms with Crippen molar-refractivity contribution in [1.82, 2.24) is 4.98 Å². The number of rotatable bonds is 8. The SMILES string of the molecule is CCCOc1ccc(C(F)(F)F)cc1NC(=O)/C=C/c1csc(N(C(C)=O)c2ccccc2)n1. The summed E-state index contributed by atoms with van der Waals surface area (Å²) in [6.07, 6.45) is -1.33. The maximum absolute atomic E-state index is 13.1. The highest BCUT2D eigenvalue weighted by molar-refractivity contribution is 7.14. The number of halogens is 3. The van der Waals surface area contributed by atoms with Gasteiger partial charge in [0.2, 0.25) is 11.8 Å². The van der Waals surface area contributed by atoms with Gasteiger partial charge >= 0.3 is 6.18 Å². The quantitative estimate of drug-likeness (QED) is 0.378. The van der Waals surface area contributed by atoms with Crippen LogP contribution in [0, 0.1) is 0 Å². The van der Waals surface area contributed by atoms with Crippen LogP contribution in [0.1, 0.15) is 31.5 Å². The average Bonchev–Trinajstić information content (AvgIpc) is 3.25. The lowest BCUT2D eigenvalue weighted by atomic mass is 10.1. The number of thiazole rings is 1. The van der Waals surface area contributed by atoms with Gasteiger partial charge in [0.05, 0.1) is 29.2 Å². The van der Waals surface area contributed by atoms with Crippen molar-refractivity contribution < 1.29 is 27.5 Å². The van der Waals surface area contributed by atoms with Crippen molar-refractivity contribution in [2.45, 2.75) is 26.4 Å². The van der Waals surface area contributed by atoms with Crippen molar-refractivity contribution in [2.75, 3.05) is 16.8 Å². The maximum Gasteiger partial charge on any atom is 0.416 e. The third-order valence-electron chi connectivity index (χ3n) is 4.46. The number of aromatic nitrogens is 1. The molecule has 6 nitrogen and oxygen atoms in total. The second-order valence-electron chi connectivity index (χ2n) is 7.12. The molecule has 3 aromatic rings. The van der Waals surface area contributed by atoms with Gasteiger partial charge in [-0.05, 0) is 42.8 Å². The first-order valence-corrected chi connectivity index (χ1v) is 11.2. The minimum Gasteiger partial charge on any atom is -0.491 e. The number of anilines is 3. The molecule has 0 fully saturated rings. The molecule has 3 rings (SSSR count). The second kappa shape index (κ2) is 11.0. The largest absolute Gasteiger partial charge is 0.491 e. The van der Waals surface area contributed by atoms with E-state index in [2.05, 4.69) is 10.3 Å². The van der Waals surface area contributed by atoms with Gasteiger partial charge in [0.1, 0.15) is 5.75 Å². The van der Waals surface area contributed by atoms with E-state index in [9.17, 15) is 22.8 Å². The van der Waals surface area contributed by atoms with Gasteiger partial charge in [-0.15, -0.1) is 11.3 Å². The van der Waals surface area contributed by atoms with Gasteiger partial charge in [-0.3, -0.25) is 14.5 Å². The van der Waals surface area contributed by atoms with Gasteiger partial charge in [0.15, 0.2) is 5.13 Å². The first kappa shape index (κ1) is 25.0. The van der Waals surface area contributed by atoms with E-state index in [-0.39, 0.29) is 17.3 Å². The summed E-state index contributed by atoms with van der Waals surface area (Å²) in [6, 6.07) is 11.9. The number of carbonyl (C=O) groups is 2. The fraction of sp³-hybridized carbons (Fsp3) is 0.208. The summed E-state index contributed by atoms with van der Waals surface area (Å²) in [5.41, 5.74) is 0.0966. The fourth-order valence-corrected chi connectivity index (χ4v) is 3.79. The zero-order valence-electron chi connectivity index (χ0n) is 18.4. The van der Waals surface area contributed by atoms with Gasteiger partial charge in [0.25, 0.3) is 0 Å². The molecule has 0 aliphatic heterocycles. The number of amides is 2. The highest BCUT2D eigenvalue weighted by Gasteiger charge is 2.31. The Morgan fingerprint density at radius 3 is 2.56 bits per heavy atom. The zero-order chi connectivity index (χ0) is 24.7. The zero-order valence-corrected chi connectivity index (χ0v) is 19.2. The number of carbonyl (C=O) groups excluding carboxylic acids is 2. The topological polar surface area (TPSA) is 71.5 Å². The van der Waals surface area contributed by atoms with E-state index in [0.29, 0.717) is 29.5 Å². The van der Waals surface area contributed by atoms with Crippen LogP contribution in [-0.4, -0.2) is 23.4 Å². The molecule has 0 atom stereocenters. The van der Waals surface area contributed by atoms with Crippen molar-refractivity contribution in [3.05, 3.63) is 71.2 Å². The molecule has 0 aliphatic rings. The molecule has 0 bridgehead atoms. The molecular formula is C24H22F3N3O3S. The first-order chi connectivity index (χ1) is 16.2. The summed E-state index contributed by atoms with van der Waals surface area (Å²) < 4.78 is 44.8. The standard InChI is InChI=1S/C24H22F3N3O3S/c1-3-13-33-21-11-9-17(24(25,26)27)14-20(21)29-22(32)12-10-18-15-34-23(28-18)30(16(2)31)19-7-5-4-6-8-19/h4-12,14-15H,3,13H2,1-2H3,(H,29,32)/b12-10+. The van der Waals surface area contributed by atoms with Crippen LogP contribution in [0.2, 0.25) is 0 Å². The Morgan fingerprint density at radius 2 is 1.91 bits per heavy atom. The molecule has 0 unspecified atom stereocenters. The number of ether oxygens (including phenoxy) is 1. The number of para-hydroxylation sites is 1. The van der Waals surface area contributed by atoms with Gasteiger partial charge in [-0.2, -0.15) is 13.2 Å². The van der Waals surface area contributed by atoms with Gasteiger partial charge < -0.3 is 10.1 Å². The van der Waals surface area contributed by atoms with Crippen molar-refractivity contribution in [2.24, 2.45) is 0 Å². The van der Waals surface area contributed by atoms with Crippen LogP contribution in [-0.2, 0) is 15.8 Å². The molecule has 2 amide bonds. The Kier molecular flexibility index (Phi) is 8.06. The van der Waals surface area contributed by atoms with Gasteiger partial charge in [-0.1, -0.05) is 25.1 Å². The van der Waals surface area contributed by atoms with E-state index in [1.165, 1.54) is 35.3 Å². The highest BCUT2D eigenvalue weighted by atomic mass is 32.1. The smallest absolute Gasteiger partial charge is 0.416 e. The Bertz CT molecular complexity index is 1180. The molecule has 2 aromatic carbocycles.